The number of rotatable bonds is 1. The molecule has 0 saturated carbocycles. The van der Waals surface area contributed by atoms with Crippen LogP contribution in [0, 0.1) is 5.82 Å². The van der Waals surface area contributed by atoms with E-state index in [1.54, 1.807) is 24.3 Å². The molecule has 3 rings (SSSR count). The maximum Gasteiger partial charge on any atom is 0.336 e. The SMILES string of the molecule is O=c1cc(-c2ccccc2Cl)c2cc(F)ccc2o1. The van der Waals surface area contributed by atoms with Gasteiger partial charge in [0, 0.05) is 27.6 Å². The van der Waals surface area contributed by atoms with Gasteiger partial charge in [-0.1, -0.05) is 29.8 Å². The zero-order chi connectivity index (χ0) is 13.4. The van der Waals surface area contributed by atoms with E-state index in [-0.39, 0.29) is 0 Å². The predicted octanol–water partition coefficient (Wildman–Crippen LogP) is 4.25. The van der Waals surface area contributed by atoms with Crippen LogP contribution in [0.25, 0.3) is 22.1 Å². The summed E-state index contributed by atoms with van der Waals surface area (Å²) in [5.41, 5.74) is 1.09. The van der Waals surface area contributed by atoms with E-state index in [0.29, 0.717) is 27.1 Å². The van der Waals surface area contributed by atoms with E-state index in [1.807, 2.05) is 0 Å². The molecule has 3 aromatic rings. The van der Waals surface area contributed by atoms with Gasteiger partial charge in [-0.05, 0) is 24.3 Å². The second-order valence-electron chi connectivity index (χ2n) is 4.10. The third kappa shape index (κ3) is 2.13. The van der Waals surface area contributed by atoms with Crippen LogP contribution in [0.15, 0.2) is 57.7 Å². The molecule has 0 fully saturated rings. The van der Waals surface area contributed by atoms with Crippen LogP contribution in [0.2, 0.25) is 5.02 Å². The predicted molar refractivity (Wildman–Crippen MR) is 72.9 cm³/mol. The molecule has 2 aromatic carbocycles. The minimum Gasteiger partial charge on any atom is -0.423 e. The van der Waals surface area contributed by atoms with Gasteiger partial charge in [-0.15, -0.1) is 0 Å². The van der Waals surface area contributed by atoms with Crippen LogP contribution in [0.1, 0.15) is 0 Å². The molecule has 0 aliphatic carbocycles. The van der Waals surface area contributed by atoms with Gasteiger partial charge in [0.25, 0.3) is 0 Å². The minimum atomic E-state index is -0.492. The molecule has 1 aromatic heterocycles. The zero-order valence-electron chi connectivity index (χ0n) is 9.69. The highest BCUT2D eigenvalue weighted by atomic mass is 35.5. The molecule has 0 saturated heterocycles. The first-order chi connectivity index (χ1) is 9.15. The van der Waals surface area contributed by atoms with Crippen molar-refractivity contribution in [1.29, 1.82) is 0 Å². The van der Waals surface area contributed by atoms with Crippen LogP contribution in [0.4, 0.5) is 4.39 Å². The summed E-state index contributed by atoms with van der Waals surface area (Å²) in [4.78, 5) is 11.6. The van der Waals surface area contributed by atoms with Crippen LogP contribution in [0.5, 0.6) is 0 Å². The van der Waals surface area contributed by atoms with Crippen LogP contribution in [-0.2, 0) is 0 Å². The molecule has 0 N–H and O–H groups in total. The Hall–Kier alpha value is -2.13. The van der Waals surface area contributed by atoms with Crippen molar-refractivity contribution in [3.63, 3.8) is 0 Å². The molecular formula is C15H8ClFO2. The van der Waals surface area contributed by atoms with Crippen LogP contribution in [-0.4, -0.2) is 0 Å². The number of hydrogen-bond donors (Lipinski definition) is 0. The molecule has 2 nitrogen and oxygen atoms in total. The molecule has 4 heteroatoms. The Morgan fingerprint density at radius 2 is 1.79 bits per heavy atom. The molecule has 0 bridgehead atoms. The standard InChI is InChI=1S/C15H8ClFO2/c16-13-4-2-1-3-10(13)11-8-15(18)19-14-6-5-9(17)7-12(11)14/h1-8H. The molecule has 0 radical (unpaired) electrons. The van der Waals surface area contributed by atoms with Gasteiger partial charge in [0.2, 0.25) is 0 Å². The lowest BCUT2D eigenvalue weighted by Gasteiger charge is -2.07. The Balaban J connectivity index is 2.43. The van der Waals surface area contributed by atoms with E-state index in [0.717, 1.165) is 0 Å². The van der Waals surface area contributed by atoms with E-state index < -0.39 is 11.4 Å². The normalized spacial score (nSPS) is 10.8. The summed E-state index contributed by atoms with van der Waals surface area (Å²) >= 11 is 6.12. The summed E-state index contributed by atoms with van der Waals surface area (Å²) in [6.07, 6.45) is 0. The lowest BCUT2D eigenvalue weighted by atomic mass is 10.0. The van der Waals surface area contributed by atoms with Crippen molar-refractivity contribution in [3.8, 4) is 11.1 Å². The third-order valence-corrected chi connectivity index (χ3v) is 3.20. The highest BCUT2D eigenvalue weighted by Gasteiger charge is 2.11. The largest absolute Gasteiger partial charge is 0.423 e. The Morgan fingerprint density at radius 3 is 2.58 bits per heavy atom. The van der Waals surface area contributed by atoms with Crippen molar-refractivity contribution in [3.05, 3.63) is 69.8 Å². The van der Waals surface area contributed by atoms with Crippen molar-refractivity contribution in [2.45, 2.75) is 0 Å². The lowest BCUT2D eigenvalue weighted by Crippen LogP contribution is -1.98. The van der Waals surface area contributed by atoms with Crippen molar-refractivity contribution in [1.82, 2.24) is 0 Å². The maximum atomic E-state index is 13.4. The Kier molecular flexibility index (Phi) is 2.84. The first-order valence-corrected chi connectivity index (χ1v) is 6.01. The molecule has 0 aliphatic heterocycles. The summed E-state index contributed by atoms with van der Waals surface area (Å²) in [6, 6.07) is 12.4. The van der Waals surface area contributed by atoms with Crippen molar-refractivity contribution in [2.75, 3.05) is 0 Å². The highest BCUT2D eigenvalue weighted by molar-refractivity contribution is 6.33. The maximum absolute atomic E-state index is 13.4. The molecule has 0 aliphatic rings. The van der Waals surface area contributed by atoms with Gasteiger partial charge in [-0.2, -0.15) is 0 Å². The second-order valence-corrected chi connectivity index (χ2v) is 4.51. The van der Waals surface area contributed by atoms with Gasteiger partial charge >= 0.3 is 5.63 Å². The van der Waals surface area contributed by atoms with Gasteiger partial charge in [0.1, 0.15) is 11.4 Å². The van der Waals surface area contributed by atoms with Crippen molar-refractivity contribution >= 4 is 22.6 Å². The van der Waals surface area contributed by atoms with Crippen LogP contribution >= 0.6 is 11.6 Å². The quantitative estimate of drug-likeness (QED) is 0.621. The molecular weight excluding hydrogens is 267 g/mol. The second kappa shape index (κ2) is 4.52. The fraction of sp³-hybridized carbons (Fsp3) is 0. The lowest BCUT2D eigenvalue weighted by molar-refractivity contribution is 0.559. The number of benzene rings is 2. The minimum absolute atomic E-state index is 0.337. The summed E-state index contributed by atoms with van der Waals surface area (Å²) in [5.74, 6) is -0.394. The molecule has 0 unspecified atom stereocenters. The van der Waals surface area contributed by atoms with Crippen LogP contribution in [0.3, 0.4) is 0 Å². The monoisotopic (exact) mass is 274 g/mol. The molecule has 19 heavy (non-hydrogen) atoms. The average Bonchev–Trinajstić information content (AvgIpc) is 2.39. The van der Waals surface area contributed by atoms with Gasteiger partial charge in [-0.3, -0.25) is 0 Å². The summed E-state index contributed by atoms with van der Waals surface area (Å²) in [6.45, 7) is 0. The zero-order valence-corrected chi connectivity index (χ0v) is 10.4. The summed E-state index contributed by atoms with van der Waals surface area (Å²) in [7, 11) is 0. The first kappa shape index (κ1) is 11.9. The topological polar surface area (TPSA) is 30.2 Å². The van der Waals surface area contributed by atoms with Crippen molar-refractivity contribution < 1.29 is 8.81 Å². The van der Waals surface area contributed by atoms with E-state index in [9.17, 15) is 9.18 Å². The van der Waals surface area contributed by atoms with E-state index >= 15 is 0 Å². The molecule has 0 amide bonds. The highest BCUT2D eigenvalue weighted by Crippen LogP contribution is 2.32. The Bertz CT molecular complexity index is 824. The first-order valence-electron chi connectivity index (χ1n) is 5.63. The van der Waals surface area contributed by atoms with Gasteiger partial charge in [-0.25, -0.2) is 9.18 Å². The molecule has 1 heterocycles. The average molecular weight is 275 g/mol. The smallest absolute Gasteiger partial charge is 0.336 e. The van der Waals surface area contributed by atoms with Gasteiger partial charge < -0.3 is 4.42 Å². The fourth-order valence-corrected chi connectivity index (χ4v) is 2.28. The number of fused-ring (bicyclic) bond motifs is 1. The number of hydrogen-bond acceptors (Lipinski definition) is 2. The summed E-state index contributed by atoms with van der Waals surface area (Å²) in [5, 5.41) is 1.02. The summed E-state index contributed by atoms with van der Waals surface area (Å²) < 4.78 is 18.4. The fourth-order valence-electron chi connectivity index (χ4n) is 2.04. The Morgan fingerprint density at radius 1 is 1.00 bits per heavy atom. The van der Waals surface area contributed by atoms with E-state index in [1.165, 1.54) is 24.3 Å². The van der Waals surface area contributed by atoms with Gasteiger partial charge in [0.05, 0.1) is 0 Å². The van der Waals surface area contributed by atoms with Gasteiger partial charge in [0.15, 0.2) is 0 Å². The third-order valence-electron chi connectivity index (χ3n) is 2.87. The van der Waals surface area contributed by atoms with Crippen molar-refractivity contribution in [2.24, 2.45) is 0 Å². The van der Waals surface area contributed by atoms with E-state index in [2.05, 4.69) is 0 Å². The molecule has 94 valence electrons. The molecule has 0 spiro atoms. The van der Waals surface area contributed by atoms with E-state index in [4.69, 9.17) is 16.0 Å². The number of halogens is 2. The molecule has 0 atom stereocenters. The van der Waals surface area contributed by atoms with Crippen LogP contribution < -0.4 is 5.63 Å². The Labute approximate surface area is 113 Å².